The molecule has 1 saturated heterocycles. The fourth-order valence-corrected chi connectivity index (χ4v) is 5.29. The molecule has 4 rings (SSSR count). The van der Waals surface area contributed by atoms with Gasteiger partial charge < -0.3 is 4.74 Å². The molecular weight excluding hydrogens is 432 g/mol. The Hall–Kier alpha value is -2.93. The molecule has 33 heavy (non-hydrogen) atoms. The molecule has 1 unspecified atom stereocenters. The Morgan fingerprint density at radius 3 is 2.61 bits per heavy atom. The Kier molecular flexibility index (Phi) is 7.94. The SMILES string of the molecule is CCC1CC[C@H](COc2ccccn2)CN(C(=O)c2cc(C)ccc2-c2ncccn2)SC1. The zero-order valence-corrected chi connectivity index (χ0v) is 20.0. The molecule has 1 aromatic carbocycles. The van der Waals surface area contributed by atoms with Gasteiger partial charge in [-0.3, -0.25) is 9.10 Å². The lowest BCUT2D eigenvalue weighted by Crippen LogP contribution is -2.35. The first kappa shape index (κ1) is 23.2. The van der Waals surface area contributed by atoms with Crippen LogP contribution >= 0.6 is 11.9 Å². The molecule has 1 aliphatic rings. The molecule has 0 bridgehead atoms. The molecule has 1 fully saturated rings. The van der Waals surface area contributed by atoms with Crippen molar-refractivity contribution in [2.75, 3.05) is 18.9 Å². The number of benzene rings is 1. The monoisotopic (exact) mass is 462 g/mol. The van der Waals surface area contributed by atoms with E-state index in [0.717, 1.165) is 36.1 Å². The second kappa shape index (κ2) is 11.3. The van der Waals surface area contributed by atoms with E-state index in [2.05, 4.69) is 21.9 Å². The maximum Gasteiger partial charge on any atom is 0.264 e. The van der Waals surface area contributed by atoms with Gasteiger partial charge in [-0.2, -0.15) is 0 Å². The molecule has 2 aromatic heterocycles. The second-order valence-corrected chi connectivity index (χ2v) is 9.51. The Morgan fingerprint density at radius 2 is 1.85 bits per heavy atom. The van der Waals surface area contributed by atoms with Crippen molar-refractivity contribution in [1.82, 2.24) is 19.3 Å². The maximum atomic E-state index is 13.8. The second-order valence-electron chi connectivity index (χ2n) is 8.48. The standard InChI is InChI=1S/C26H30N4O2S/c1-3-20-9-10-21(17-32-24-7-4-5-12-27-24)16-30(33-18-20)26(31)23-15-19(2)8-11-22(23)25-28-13-6-14-29-25/h4-8,11-15,20-21H,3,9-10,16-18H2,1-2H3/t20?,21-/m0/s1. The predicted molar refractivity (Wildman–Crippen MR) is 132 cm³/mol. The lowest BCUT2D eigenvalue weighted by Gasteiger charge is -2.32. The number of hydrogen-bond donors (Lipinski definition) is 0. The molecule has 0 radical (unpaired) electrons. The van der Waals surface area contributed by atoms with E-state index < -0.39 is 0 Å². The third-order valence-electron chi connectivity index (χ3n) is 5.99. The number of carbonyl (C=O) groups excluding carboxylic acids is 1. The van der Waals surface area contributed by atoms with Crippen LogP contribution in [0, 0.1) is 18.8 Å². The first-order valence-electron chi connectivity index (χ1n) is 11.5. The molecule has 1 amide bonds. The lowest BCUT2D eigenvalue weighted by molar-refractivity contribution is 0.0838. The van der Waals surface area contributed by atoms with Crippen LogP contribution in [0.2, 0.25) is 0 Å². The molecule has 0 spiro atoms. The van der Waals surface area contributed by atoms with E-state index in [1.54, 1.807) is 36.6 Å². The van der Waals surface area contributed by atoms with Gasteiger partial charge in [0.2, 0.25) is 5.88 Å². The smallest absolute Gasteiger partial charge is 0.264 e. The minimum atomic E-state index is 0.00532. The summed E-state index contributed by atoms with van der Waals surface area (Å²) in [5.74, 6) is 2.96. The largest absolute Gasteiger partial charge is 0.477 e. The van der Waals surface area contributed by atoms with Crippen molar-refractivity contribution in [1.29, 1.82) is 0 Å². The fourth-order valence-electron chi connectivity index (χ4n) is 3.97. The van der Waals surface area contributed by atoms with Gasteiger partial charge in [-0.15, -0.1) is 0 Å². The number of carbonyl (C=O) groups is 1. The van der Waals surface area contributed by atoms with Gasteiger partial charge in [-0.25, -0.2) is 15.0 Å². The van der Waals surface area contributed by atoms with Gasteiger partial charge in [0.25, 0.3) is 5.91 Å². The highest BCUT2D eigenvalue weighted by atomic mass is 32.2. The van der Waals surface area contributed by atoms with Crippen molar-refractivity contribution >= 4 is 17.9 Å². The van der Waals surface area contributed by atoms with Crippen molar-refractivity contribution < 1.29 is 9.53 Å². The van der Waals surface area contributed by atoms with E-state index in [4.69, 9.17) is 4.74 Å². The molecule has 6 nitrogen and oxygen atoms in total. The Bertz CT molecular complexity index is 1050. The normalized spacial score (nSPS) is 18.9. The van der Waals surface area contributed by atoms with Gasteiger partial charge in [0.1, 0.15) is 0 Å². The van der Waals surface area contributed by atoms with Crippen LogP contribution < -0.4 is 4.74 Å². The molecule has 3 aromatic rings. The summed E-state index contributed by atoms with van der Waals surface area (Å²) >= 11 is 1.64. The average Bonchev–Trinajstić information content (AvgIpc) is 2.84. The van der Waals surface area contributed by atoms with E-state index in [1.165, 1.54) is 0 Å². The Labute approximate surface area is 200 Å². The molecule has 172 valence electrons. The summed E-state index contributed by atoms with van der Waals surface area (Å²) in [4.78, 5) is 26.9. The van der Waals surface area contributed by atoms with Crippen molar-refractivity contribution in [3.8, 4) is 17.3 Å². The summed E-state index contributed by atoms with van der Waals surface area (Å²) < 4.78 is 7.90. The Morgan fingerprint density at radius 1 is 1.06 bits per heavy atom. The van der Waals surface area contributed by atoms with Crippen molar-refractivity contribution in [3.05, 3.63) is 72.2 Å². The summed E-state index contributed by atoms with van der Waals surface area (Å²) in [6.45, 7) is 5.41. The number of nitrogens with zero attached hydrogens (tertiary/aromatic N) is 4. The molecule has 0 aliphatic carbocycles. The van der Waals surface area contributed by atoms with Gasteiger partial charge >= 0.3 is 0 Å². The van der Waals surface area contributed by atoms with Gasteiger partial charge in [-0.05, 0) is 55.8 Å². The third kappa shape index (κ3) is 6.11. The van der Waals surface area contributed by atoms with E-state index in [9.17, 15) is 4.79 Å². The minimum Gasteiger partial charge on any atom is -0.477 e. The quantitative estimate of drug-likeness (QED) is 0.454. The number of aryl methyl sites for hydroxylation is 1. The van der Waals surface area contributed by atoms with Crippen molar-refractivity contribution in [2.45, 2.75) is 33.1 Å². The van der Waals surface area contributed by atoms with Crippen molar-refractivity contribution in [2.24, 2.45) is 11.8 Å². The summed E-state index contributed by atoms with van der Waals surface area (Å²) in [6, 6.07) is 13.3. The van der Waals surface area contributed by atoms with Crippen LogP contribution in [0.25, 0.3) is 11.4 Å². The number of hydrogen-bond acceptors (Lipinski definition) is 6. The van der Waals surface area contributed by atoms with Crippen LogP contribution in [0.15, 0.2) is 61.1 Å². The topological polar surface area (TPSA) is 68.2 Å². The van der Waals surface area contributed by atoms with E-state index in [1.807, 2.05) is 47.6 Å². The van der Waals surface area contributed by atoms with Gasteiger partial charge in [-0.1, -0.05) is 37.1 Å². The van der Waals surface area contributed by atoms with Gasteiger partial charge in [0.15, 0.2) is 5.82 Å². The molecule has 1 aliphatic heterocycles. The number of rotatable bonds is 6. The first-order valence-corrected chi connectivity index (χ1v) is 12.4. The molecule has 0 N–H and O–H groups in total. The van der Waals surface area contributed by atoms with E-state index in [0.29, 0.717) is 36.3 Å². The van der Waals surface area contributed by atoms with Crippen LogP contribution in [-0.2, 0) is 0 Å². The van der Waals surface area contributed by atoms with Crippen LogP contribution in [0.5, 0.6) is 5.88 Å². The molecular formula is C26H30N4O2S. The minimum absolute atomic E-state index is 0.00532. The van der Waals surface area contributed by atoms with E-state index >= 15 is 0 Å². The molecule has 3 heterocycles. The van der Waals surface area contributed by atoms with E-state index in [-0.39, 0.29) is 11.8 Å². The predicted octanol–water partition coefficient (Wildman–Crippen LogP) is 5.45. The maximum absolute atomic E-state index is 13.8. The zero-order valence-electron chi connectivity index (χ0n) is 19.2. The van der Waals surface area contributed by atoms with Crippen molar-refractivity contribution in [3.63, 3.8) is 0 Å². The average molecular weight is 463 g/mol. The highest BCUT2D eigenvalue weighted by molar-refractivity contribution is 7.97. The molecule has 7 heteroatoms. The number of ether oxygens (including phenoxy) is 1. The highest BCUT2D eigenvalue weighted by Crippen LogP contribution is 2.31. The summed E-state index contributed by atoms with van der Waals surface area (Å²) in [7, 11) is 0. The third-order valence-corrected chi connectivity index (χ3v) is 7.24. The fraction of sp³-hybridized carbons (Fsp3) is 0.385. The van der Waals surface area contributed by atoms with Gasteiger partial charge in [0, 0.05) is 48.4 Å². The first-order chi connectivity index (χ1) is 16.1. The Balaban J connectivity index is 1.57. The summed E-state index contributed by atoms with van der Waals surface area (Å²) in [5.41, 5.74) is 2.45. The van der Waals surface area contributed by atoms with Gasteiger partial charge in [0.05, 0.1) is 12.2 Å². The van der Waals surface area contributed by atoms with Crippen LogP contribution in [0.4, 0.5) is 0 Å². The molecule has 2 atom stereocenters. The number of pyridine rings is 1. The van der Waals surface area contributed by atoms with Crippen LogP contribution in [0.1, 0.15) is 42.1 Å². The highest BCUT2D eigenvalue weighted by Gasteiger charge is 2.28. The van der Waals surface area contributed by atoms with Crippen LogP contribution in [0.3, 0.4) is 0 Å². The number of aromatic nitrogens is 3. The summed E-state index contributed by atoms with van der Waals surface area (Å²) in [5, 5.41) is 0. The van der Waals surface area contributed by atoms with Crippen LogP contribution in [-0.4, -0.2) is 44.1 Å². The molecule has 0 saturated carbocycles. The summed E-state index contributed by atoms with van der Waals surface area (Å²) in [6.07, 6.45) is 8.43. The number of amides is 1. The zero-order chi connectivity index (χ0) is 23.0. The lowest BCUT2D eigenvalue weighted by atomic mass is 9.95.